The molecule has 0 radical (unpaired) electrons. The van der Waals surface area contributed by atoms with E-state index in [1.165, 1.54) is 17.7 Å². The van der Waals surface area contributed by atoms with Crippen LogP contribution in [-0.4, -0.2) is 49.0 Å². The molecule has 2 aromatic rings. The molecule has 0 saturated carbocycles. The minimum absolute atomic E-state index is 0.0693. The number of piperazine rings is 1. The van der Waals surface area contributed by atoms with Gasteiger partial charge in [0.1, 0.15) is 16.2 Å². The molecular formula is C26H27F2N5OS. The van der Waals surface area contributed by atoms with Crippen LogP contribution in [0.4, 0.5) is 20.2 Å². The van der Waals surface area contributed by atoms with Gasteiger partial charge in [0.2, 0.25) is 0 Å². The Morgan fingerprint density at radius 2 is 2.06 bits per heavy atom. The number of rotatable bonds is 5. The largest absolute Gasteiger partial charge is 0.356 e. The zero-order chi connectivity index (χ0) is 24.4. The molecule has 182 valence electrons. The Bertz CT molecular complexity index is 1220. The van der Waals surface area contributed by atoms with Crippen molar-refractivity contribution in [3.63, 3.8) is 0 Å². The Morgan fingerprint density at radius 3 is 2.89 bits per heavy atom. The summed E-state index contributed by atoms with van der Waals surface area (Å²) in [6.07, 6.45) is 5.61. The maximum atomic E-state index is 13.9. The topological polar surface area (TPSA) is 60.5 Å². The van der Waals surface area contributed by atoms with Gasteiger partial charge in [-0.15, -0.1) is 0 Å². The predicted molar refractivity (Wildman–Crippen MR) is 136 cm³/mol. The molecule has 3 aliphatic rings. The first kappa shape index (κ1) is 23.7. The number of nitrogens with zero attached hydrogens (tertiary/aromatic N) is 3. The lowest BCUT2D eigenvalue weighted by atomic mass is 10.1. The maximum absolute atomic E-state index is 13.9. The highest BCUT2D eigenvalue weighted by Crippen LogP contribution is 2.51. The quantitative estimate of drug-likeness (QED) is 0.627. The number of hydrogen-bond donors (Lipinski definition) is 2. The number of benzene rings is 1. The first-order valence-electron chi connectivity index (χ1n) is 11.6. The third-order valence-corrected chi connectivity index (χ3v) is 7.66. The first-order valence-corrected chi connectivity index (χ1v) is 12.5. The summed E-state index contributed by atoms with van der Waals surface area (Å²) in [6, 6.07) is 9.75. The van der Waals surface area contributed by atoms with Gasteiger partial charge < -0.3 is 15.5 Å². The molecule has 1 fully saturated rings. The number of fused-ring (bicyclic) bond motifs is 1. The molecule has 1 saturated heterocycles. The fraction of sp³-hybridized carbons (Fsp3) is 0.308. The van der Waals surface area contributed by atoms with E-state index in [0.29, 0.717) is 5.69 Å². The second-order valence-electron chi connectivity index (χ2n) is 8.78. The van der Waals surface area contributed by atoms with Gasteiger partial charge in [0.15, 0.2) is 5.83 Å². The molecule has 3 heterocycles. The van der Waals surface area contributed by atoms with Crippen LogP contribution in [0.3, 0.4) is 0 Å². The normalized spacial score (nSPS) is 20.5. The van der Waals surface area contributed by atoms with E-state index in [-0.39, 0.29) is 17.4 Å². The summed E-state index contributed by atoms with van der Waals surface area (Å²) in [4.78, 5) is 22.2. The van der Waals surface area contributed by atoms with Crippen molar-refractivity contribution in [3.8, 4) is 0 Å². The van der Waals surface area contributed by atoms with Crippen LogP contribution in [0.1, 0.15) is 22.9 Å². The maximum Gasteiger partial charge on any atom is 0.255 e. The summed E-state index contributed by atoms with van der Waals surface area (Å²) in [6.45, 7) is 4.92. The van der Waals surface area contributed by atoms with Gasteiger partial charge in [-0.3, -0.25) is 9.69 Å². The van der Waals surface area contributed by atoms with Crippen LogP contribution in [0.15, 0.2) is 77.0 Å². The van der Waals surface area contributed by atoms with Crippen molar-refractivity contribution in [1.82, 2.24) is 15.2 Å². The van der Waals surface area contributed by atoms with Crippen LogP contribution in [0.25, 0.3) is 0 Å². The van der Waals surface area contributed by atoms with Gasteiger partial charge >= 0.3 is 0 Å². The lowest BCUT2D eigenvalue weighted by molar-refractivity contribution is -0.112. The van der Waals surface area contributed by atoms with Crippen LogP contribution in [-0.2, 0) is 11.3 Å². The van der Waals surface area contributed by atoms with E-state index in [2.05, 4.69) is 26.5 Å². The second-order valence-corrected chi connectivity index (χ2v) is 9.84. The third kappa shape index (κ3) is 5.17. The van der Waals surface area contributed by atoms with E-state index in [4.69, 9.17) is 4.98 Å². The van der Waals surface area contributed by atoms with Gasteiger partial charge in [0.25, 0.3) is 5.91 Å². The number of carbonyl (C=O) groups is 1. The average molecular weight is 496 g/mol. The second kappa shape index (κ2) is 10.3. The molecule has 1 aliphatic carbocycles. The first-order chi connectivity index (χ1) is 17.0. The number of para-hydroxylation sites is 1. The molecule has 0 spiro atoms. The van der Waals surface area contributed by atoms with Gasteiger partial charge in [-0.1, -0.05) is 42.1 Å². The molecule has 9 heteroatoms. The molecule has 1 unspecified atom stereocenters. The zero-order valence-electron chi connectivity index (χ0n) is 19.4. The Morgan fingerprint density at radius 1 is 1.26 bits per heavy atom. The Labute approximate surface area is 207 Å². The predicted octanol–water partition coefficient (Wildman–Crippen LogP) is 4.70. The smallest absolute Gasteiger partial charge is 0.255 e. The van der Waals surface area contributed by atoms with Crippen molar-refractivity contribution in [3.05, 3.63) is 83.1 Å². The summed E-state index contributed by atoms with van der Waals surface area (Å²) < 4.78 is 27.4. The molecule has 35 heavy (non-hydrogen) atoms. The van der Waals surface area contributed by atoms with Crippen LogP contribution in [0.2, 0.25) is 0 Å². The number of allylic oxidation sites excluding steroid dienone is 4. The molecule has 2 N–H and O–H groups in total. The number of thioether (sulfide) groups is 1. The number of nitrogens with one attached hydrogen (secondary N) is 2. The van der Waals surface area contributed by atoms with Crippen molar-refractivity contribution in [1.29, 1.82) is 0 Å². The number of amides is 1. The van der Waals surface area contributed by atoms with Gasteiger partial charge in [-0.25, -0.2) is 13.8 Å². The number of halogens is 2. The summed E-state index contributed by atoms with van der Waals surface area (Å²) in [5, 5.41) is 7.12. The van der Waals surface area contributed by atoms with E-state index in [9.17, 15) is 13.6 Å². The van der Waals surface area contributed by atoms with E-state index in [0.717, 1.165) is 55.1 Å². The number of pyridine rings is 1. The van der Waals surface area contributed by atoms with Gasteiger partial charge in [-0.2, -0.15) is 0 Å². The van der Waals surface area contributed by atoms with Gasteiger partial charge in [0, 0.05) is 69.2 Å². The minimum atomic E-state index is -1.02. The molecule has 1 atom stereocenters. The Balaban J connectivity index is 1.35. The molecule has 1 amide bonds. The molecule has 0 bridgehead atoms. The molecule has 6 nitrogen and oxygen atoms in total. The van der Waals surface area contributed by atoms with E-state index in [1.54, 1.807) is 11.8 Å². The van der Waals surface area contributed by atoms with Gasteiger partial charge in [-0.05, 0) is 23.8 Å². The number of carbonyl (C=O) groups excluding carboxylic acids is 1. The third-order valence-electron chi connectivity index (χ3n) is 6.33. The van der Waals surface area contributed by atoms with Crippen LogP contribution >= 0.6 is 11.8 Å². The fourth-order valence-corrected chi connectivity index (χ4v) is 5.69. The molecule has 5 rings (SSSR count). The highest BCUT2D eigenvalue weighted by Gasteiger charge is 2.32. The SMILES string of the molecule is CN1c2cc(CN3CCNCC3)cnc2SC1c1ccccc1NC(=O)C1=CC(F)=C(F)CC=C1. The van der Waals surface area contributed by atoms with E-state index >= 15 is 0 Å². The zero-order valence-corrected chi connectivity index (χ0v) is 20.2. The molecule has 1 aromatic heterocycles. The lowest BCUT2D eigenvalue weighted by Gasteiger charge is -2.27. The molecule has 2 aliphatic heterocycles. The number of aromatic nitrogens is 1. The summed E-state index contributed by atoms with van der Waals surface area (Å²) in [7, 11) is 2.03. The number of hydrogen-bond acceptors (Lipinski definition) is 6. The highest BCUT2D eigenvalue weighted by atomic mass is 32.2. The highest BCUT2D eigenvalue weighted by molar-refractivity contribution is 8.00. The van der Waals surface area contributed by atoms with Crippen LogP contribution in [0, 0.1) is 0 Å². The van der Waals surface area contributed by atoms with Crippen molar-refractivity contribution in [2.24, 2.45) is 0 Å². The molecule has 1 aromatic carbocycles. The standard InChI is InChI=1S/C26H27F2N5OS/c1-32-23-13-17(16-33-11-9-29-10-12-33)15-30-25(23)35-26(32)19-6-2-3-8-22(19)31-24(34)18-5-4-7-20(27)21(28)14-18/h2-6,8,13-15,26,29H,7,9-12,16H2,1H3,(H,31,34). The summed E-state index contributed by atoms with van der Waals surface area (Å²) >= 11 is 1.63. The van der Waals surface area contributed by atoms with Crippen molar-refractivity contribution >= 4 is 29.0 Å². The average Bonchev–Trinajstić information content (AvgIpc) is 3.09. The molecular weight excluding hydrogens is 468 g/mol. The van der Waals surface area contributed by atoms with Crippen molar-refractivity contribution in [2.75, 3.05) is 43.4 Å². The Kier molecular flexibility index (Phi) is 6.99. The van der Waals surface area contributed by atoms with E-state index < -0.39 is 17.6 Å². The van der Waals surface area contributed by atoms with Crippen molar-refractivity contribution in [2.45, 2.75) is 23.4 Å². The monoisotopic (exact) mass is 495 g/mol. The van der Waals surface area contributed by atoms with Gasteiger partial charge in [0.05, 0.1) is 5.69 Å². The summed E-state index contributed by atoms with van der Waals surface area (Å²) in [5.41, 5.74) is 3.84. The van der Waals surface area contributed by atoms with Crippen LogP contribution < -0.4 is 15.5 Å². The van der Waals surface area contributed by atoms with Crippen LogP contribution in [0.5, 0.6) is 0 Å². The minimum Gasteiger partial charge on any atom is -0.356 e. The fourth-order valence-electron chi connectivity index (χ4n) is 4.43. The summed E-state index contributed by atoms with van der Waals surface area (Å²) in [5.74, 6) is -2.38. The lowest BCUT2D eigenvalue weighted by Crippen LogP contribution is -2.42. The van der Waals surface area contributed by atoms with Crippen molar-refractivity contribution < 1.29 is 13.6 Å². The van der Waals surface area contributed by atoms with E-state index in [1.807, 2.05) is 37.5 Å². The Hall–Kier alpha value is -3.01. The number of anilines is 2.